The third kappa shape index (κ3) is 2.64. The summed E-state index contributed by atoms with van der Waals surface area (Å²) in [4.78, 5) is 0. The topological polar surface area (TPSA) is 53.1 Å². The second-order valence-electron chi connectivity index (χ2n) is 2.66. The highest BCUT2D eigenvalue weighted by Crippen LogP contribution is 1.96. The Balaban J connectivity index is 2.31. The highest BCUT2D eigenvalue weighted by molar-refractivity contribution is 5.02. The van der Waals surface area contributed by atoms with Crippen molar-refractivity contribution in [2.45, 2.75) is 19.5 Å². The van der Waals surface area contributed by atoms with E-state index in [2.05, 4.69) is 5.10 Å². The van der Waals surface area contributed by atoms with Gasteiger partial charge in [0.25, 0.3) is 0 Å². The van der Waals surface area contributed by atoms with Crippen molar-refractivity contribution in [2.75, 3.05) is 13.7 Å². The molecule has 0 spiro atoms. The van der Waals surface area contributed by atoms with Gasteiger partial charge in [0.15, 0.2) is 0 Å². The third-order valence-corrected chi connectivity index (χ3v) is 1.66. The van der Waals surface area contributed by atoms with Gasteiger partial charge in [-0.2, -0.15) is 5.10 Å². The lowest BCUT2D eigenvalue weighted by Gasteiger charge is -1.99. The summed E-state index contributed by atoms with van der Waals surface area (Å²) in [5.41, 5.74) is 6.52. The zero-order chi connectivity index (χ0) is 8.81. The minimum absolute atomic E-state index is 0.560. The highest BCUT2D eigenvalue weighted by Gasteiger charge is 1.95. The molecule has 0 unspecified atom stereocenters. The molecule has 0 amide bonds. The van der Waals surface area contributed by atoms with Crippen molar-refractivity contribution in [3.05, 3.63) is 18.0 Å². The molecule has 2 N–H and O–H groups in total. The number of hydrogen-bond donors (Lipinski definition) is 1. The van der Waals surface area contributed by atoms with Gasteiger partial charge in [0.1, 0.15) is 0 Å². The molecular weight excluding hydrogens is 154 g/mol. The molecule has 0 aliphatic rings. The van der Waals surface area contributed by atoms with Gasteiger partial charge >= 0.3 is 0 Å². The van der Waals surface area contributed by atoms with Crippen molar-refractivity contribution in [1.29, 1.82) is 0 Å². The first kappa shape index (κ1) is 9.22. The SMILES string of the molecule is COCCCn1cc(CN)cn1. The van der Waals surface area contributed by atoms with Gasteiger partial charge in [0.2, 0.25) is 0 Å². The third-order valence-electron chi connectivity index (χ3n) is 1.66. The van der Waals surface area contributed by atoms with Gasteiger partial charge in [0.05, 0.1) is 6.20 Å². The molecule has 1 rings (SSSR count). The smallest absolute Gasteiger partial charge is 0.0534 e. The Kier molecular flexibility index (Phi) is 3.76. The minimum Gasteiger partial charge on any atom is -0.385 e. The van der Waals surface area contributed by atoms with Crippen LogP contribution in [-0.2, 0) is 17.8 Å². The van der Waals surface area contributed by atoms with Crippen LogP contribution < -0.4 is 5.73 Å². The summed E-state index contributed by atoms with van der Waals surface area (Å²) < 4.78 is 6.82. The van der Waals surface area contributed by atoms with E-state index >= 15 is 0 Å². The highest BCUT2D eigenvalue weighted by atomic mass is 16.5. The standard InChI is InChI=1S/C8H15N3O/c1-12-4-2-3-11-7-8(5-9)6-10-11/h6-7H,2-5,9H2,1H3. The lowest BCUT2D eigenvalue weighted by Crippen LogP contribution is -2.01. The lowest BCUT2D eigenvalue weighted by molar-refractivity contribution is 0.189. The lowest BCUT2D eigenvalue weighted by atomic mass is 10.4. The molecular formula is C8H15N3O. The predicted octanol–water partition coefficient (Wildman–Crippen LogP) is 0.378. The number of hydrogen-bond acceptors (Lipinski definition) is 3. The van der Waals surface area contributed by atoms with Gasteiger partial charge < -0.3 is 10.5 Å². The number of aromatic nitrogens is 2. The van der Waals surface area contributed by atoms with Crippen LogP contribution in [0.1, 0.15) is 12.0 Å². The molecule has 0 saturated carbocycles. The summed E-state index contributed by atoms with van der Waals surface area (Å²) >= 11 is 0. The molecule has 4 nitrogen and oxygen atoms in total. The first-order valence-corrected chi connectivity index (χ1v) is 4.07. The molecule has 0 aliphatic heterocycles. The van der Waals surface area contributed by atoms with Gasteiger partial charge in [-0.3, -0.25) is 4.68 Å². The molecule has 68 valence electrons. The van der Waals surface area contributed by atoms with E-state index in [4.69, 9.17) is 10.5 Å². The predicted molar refractivity (Wildman–Crippen MR) is 46.6 cm³/mol. The first-order chi connectivity index (χ1) is 5.86. The Morgan fingerprint density at radius 3 is 3.08 bits per heavy atom. The molecule has 0 atom stereocenters. The molecule has 4 heteroatoms. The fourth-order valence-electron chi connectivity index (χ4n) is 1.00. The van der Waals surface area contributed by atoms with Gasteiger partial charge in [-0.15, -0.1) is 0 Å². The summed E-state index contributed by atoms with van der Waals surface area (Å²) in [5, 5.41) is 4.14. The van der Waals surface area contributed by atoms with Crippen molar-refractivity contribution in [3.8, 4) is 0 Å². The maximum absolute atomic E-state index is 5.44. The molecule has 0 bridgehead atoms. The van der Waals surface area contributed by atoms with Crippen LogP contribution >= 0.6 is 0 Å². The van der Waals surface area contributed by atoms with Crippen LogP contribution in [-0.4, -0.2) is 23.5 Å². The average molecular weight is 169 g/mol. The Hall–Kier alpha value is -0.870. The fraction of sp³-hybridized carbons (Fsp3) is 0.625. The van der Waals surface area contributed by atoms with Gasteiger partial charge in [-0.05, 0) is 6.42 Å². The quantitative estimate of drug-likeness (QED) is 0.648. The van der Waals surface area contributed by atoms with E-state index in [1.165, 1.54) is 0 Å². The zero-order valence-corrected chi connectivity index (χ0v) is 7.36. The Labute approximate surface area is 72.3 Å². The van der Waals surface area contributed by atoms with Crippen LogP contribution in [0.2, 0.25) is 0 Å². The van der Waals surface area contributed by atoms with E-state index in [-0.39, 0.29) is 0 Å². The van der Waals surface area contributed by atoms with Crippen LogP contribution in [0.15, 0.2) is 12.4 Å². The molecule has 1 heterocycles. The second-order valence-corrected chi connectivity index (χ2v) is 2.66. The van der Waals surface area contributed by atoms with Gasteiger partial charge in [-0.1, -0.05) is 0 Å². The van der Waals surface area contributed by atoms with Crippen molar-refractivity contribution >= 4 is 0 Å². The maximum Gasteiger partial charge on any atom is 0.0534 e. The summed E-state index contributed by atoms with van der Waals surface area (Å²) in [6, 6.07) is 0. The summed E-state index contributed by atoms with van der Waals surface area (Å²) in [6.45, 7) is 2.23. The molecule has 0 radical (unpaired) electrons. The van der Waals surface area contributed by atoms with E-state index in [0.717, 1.165) is 25.1 Å². The van der Waals surface area contributed by atoms with Crippen molar-refractivity contribution < 1.29 is 4.74 Å². The Bertz CT molecular complexity index is 222. The molecule has 0 aliphatic carbocycles. The van der Waals surface area contributed by atoms with Crippen molar-refractivity contribution in [2.24, 2.45) is 5.73 Å². The normalized spacial score (nSPS) is 10.5. The molecule has 1 aromatic rings. The van der Waals surface area contributed by atoms with Crippen LogP contribution in [0.25, 0.3) is 0 Å². The molecule has 0 fully saturated rings. The fourth-order valence-corrected chi connectivity index (χ4v) is 1.00. The van der Waals surface area contributed by atoms with E-state index in [1.807, 2.05) is 10.9 Å². The monoisotopic (exact) mass is 169 g/mol. The Morgan fingerprint density at radius 1 is 1.67 bits per heavy atom. The number of nitrogens with two attached hydrogens (primary N) is 1. The molecule has 12 heavy (non-hydrogen) atoms. The molecule has 1 aromatic heterocycles. The zero-order valence-electron chi connectivity index (χ0n) is 7.36. The summed E-state index contributed by atoms with van der Waals surface area (Å²) in [6.07, 6.45) is 4.75. The van der Waals surface area contributed by atoms with Crippen LogP contribution in [0.4, 0.5) is 0 Å². The first-order valence-electron chi connectivity index (χ1n) is 4.07. The average Bonchev–Trinajstić information content (AvgIpc) is 2.53. The molecule has 0 aromatic carbocycles. The van der Waals surface area contributed by atoms with E-state index in [0.29, 0.717) is 6.54 Å². The second kappa shape index (κ2) is 4.90. The van der Waals surface area contributed by atoms with E-state index in [1.54, 1.807) is 13.3 Å². The summed E-state index contributed by atoms with van der Waals surface area (Å²) in [5.74, 6) is 0. The van der Waals surface area contributed by atoms with Crippen LogP contribution in [0.3, 0.4) is 0 Å². The number of rotatable bonds is 5. The minimum atomic E-state index is 0.560. The number of nitrogens with zero attached hydrogens (tertiary/aromatic N) is 2. The van der Waals surface area contributed by atoms with Gasteiger partial charge in [0, 0.05) is 38.6 Å². The van der Waals surface area contributed by atoms with Gasteiger partial charge in [-0.25, -0.2) is 0 Å². The number of methoxy groups -OCH3 is 1. The maximum atomic E-state index is 5.44. The largest absolute Gasteiger partial charge is 0.385 e. The van der Waals surface area contributed by atoms with E-state index < -0.39 is 0 Å². The molecule has 0 saturated heterocycles. The van der Waals surface area contributed by atoms with Crippen molar-refractivity contribution in [1.82, 2.24) is 9.78 Å². The number of ether oxygens (including phenoxy) is 1. The van der Waals surface area contributed by atoms with Crippen LogP contribution in [0, 0.1) is 0 Å². The summed E-state index contributed by atoms with van der Waals surface area (Å²) in [7, 11) is 1.70. The number of aryl methyl sites for hydroxylation is 1. The van der Waals surface area contributed by atoms with Crippen molar-refractivity contribution in [3.63, 3.8) is 0 Å². The van der Waals surface area contributed by atoms with Crippen LogP contribution in [0.5, 0.6) is 0 Å². The Morgan fingerprint density at radius 2 is 2.50 bits per heavy atom. The van der Waals surface area contributed by atoms with E-state index in [9.17, 15) is 0 Å².